The fourth-order valence-corrected chi connectivity index (χ4v) is 5.94. The number of thioether (sulfide) groups is 1. The van der Waals surface area contributed by atoms with Crippen molar-refractivity contribution in [2.24, 2.45) is 10.2 Å². The number of benzene rings is 5. The van der Waals surface area contributed by atoms with Crippen LogP contribution >= 0.6 is 11.8 Å². The van der Waals surface area contributed by atoms with Crippen molar-refractivity contribution in [2.45, 2.75) is 16.6 Å². The number of anilines is 2. The van der Waals surface area contributed by atoms with Gasteiger partial charge >= 0.3 is 0 Å². The van der Waals surface area contributed by atoms with Crippen LogP contribution in [-0.2, 0) is 14.4 Å². The Bertz CT molecular complexity index is 1980. The quantitative estimate of drug-likeness (QED) is 0.0903. The summed E-state index contributed by atoms with van der Waals surface area (Å²) in [5.41, 5.74) is 3.54. The number of hydrogen-bond acceptors (Lipinski definition) is 7. The molecule has 0 spiro atoms. The van der Waals surface area contributed by atoms with Crippen molar-refractivity contribution >= 4 is 64.2 Å². The maximum atomic E-state index is 13.3. The first kappa shape index (κ1) is 31.8. The highest BCUT2D eigenvalue weighted by Crippen LogP contribution is 2.35. The lowest BCUT2D eigenvalue weighted by Crippen LogP contribution is -2.31. The van der Waals surface area contributed by atoms with Gasteiger partial charge in [-0.1, -0.05) is 66.7 Å². The number of nitrogens with zero attached hydrogens (tertiary/aromatic N) is 3. The minimum absolute atomic E-state index is 0.0617. The van der Waals surface area contributed by atoms with E-state index >= 15 is 0 Å². The molecule has 5 aromatic carbocycles. The van der Waals surface area contributed by atoms with Crippen molar-refractivity contribution in [3.63, 3.8) is 0 Å². The molecule has 236 valence electrons. The van der Waals surface area contributed by atoms with Crippen molar-refractivity contribution in [1.82, 2.24) is 5.32 Å². The zero-order valence-electron chi connectivity index (χ0n) is 25.5. The van der Waals surface area contributed by atoms with Crippen LogP contribution in [0.25, 0.3) is 6.08 Å². The molecule has 4 amide bonds. The van der Waals surface area contributed by atoms with E-state index < -0.39 is 17.1 Å². The van der Waals surface area contributed by atoms with Crippen LogP contribution in [0, 0.1) is 0 Å². The number of carbonyl (C=O) groups excluding carboxylic acids is 4. The summed E-state index contributed by atoms with van der Waals surface area (Å²) in [4.78, 5) is 54.3. The molecule has 0 radical (unpaired) electrons. The fraction of sp³-hybridized carbons (Fsp3) is 0.0526. The van der Waals surface area contributed by atoms with Crippen LogP contribution in [-0.4, -0.2) is 28.9 Å². The Balaban J connectivity index is 1.09. The standard InChI is InChI=1S/C38H29N5O4S/c44-35-25-34(38(47)43(35)31-20-16-30(17-21-31)42-41-29-14-8-3-9-15-29)48-32-22-18-28(19-23-32)39-37(46)33(24-26-10-4-1-5-11-26)40-36(45)27-12-6-2-7-13-27/h1-24,34H,25H2,(H,39,46)(H,40,45)/b33-24-,42-41?. The van der Waals surface area contributed by atoms with Gasteiger partial charge in [-0.25, -0.2) is 4.90 Å². The summed E-state index contributed by atoms with van der Waals surface area (Å²) in [6.45, 7) is 0. The average molecular weight is 652 g/mol. The SMILES string of the molecule is O=C(Nc1ccc(SC2CC(=O)N(c3ccc(N=Nc4ccccc4)cc3)C2=O)cc1)/C(=C/c1ccccc1)NC(=O)c1ccccc1. The highest BCUT2D eigenvalue weighted by atomic mass is 32.2. The van der Waals surface area contributed by atoms with Crippen LogP contribution in [0.1, 0.15) is 22.3 Å². The molecule has 6 rings (SSSR count). The van der Waals surface area contributed by atoms with Gasteiger partial charge in [-0.3, -0.25) is 19.2 Å². The third-order valence-corrected chi connectivity index (χ3v) is 8.48. The van der Waals surface area contributed by atoms with E-state index in [1.807, 2.05) is 66.7 Å². The summed E-state index contributed by atoms with van der Waals surface area (Å²) in [6.07, 6.45) is 1.67. The van der Waals surface area contributed by atoms with Crippen LogP contribution < -0.4 is 15.5 Å². The molecule has 2 N–H and O–H groups in total. The molecule has 10 heteroatoms. The first-order chi connectivity index (χ1) is 23.4. The van der Waals surface area contributed by atoms with Crippen molar-refractivity contribution in [3.8, 4) is 0 Å². The molecule has 1 atom stereocenters. The largest absolute Gasteiger partial charge is 0.321 e. The number of carbonyl (C=O) groups is 4. The van der Waals surface area contributed by atoms with E-state index in [1.54, 1.807) is 78.9 Å². The molecular weight excluding hydrogens is 623 g/mol. The van der Waals surface area contributed by atoms with Crippen molar-refractivity contribution in [2.75, 3.05) is 10.2 Å². The molecule has 1 saturated heterocycles. The molecule has 5 aromatic rings. The molecule has 0 aliphatic carbocycles. The summed E-state index contributed by atoms with van der Waals surface area (Å²) < 4.78 is 0. The molecule has 1 unspecified atom stereocenters. The number of amides is 4. The lowest BCUT2D eigenvalue weighted by atomic mass is 10.1. The van der Waals surface area contributed by atoms with Gasteiger partial charge in [0.05, 0.1) is 22.3 Å². The van der Waals surface area contributed by atoms with Crippen LogP contribution in [0.3, 0.4) is 0 Å². The van der Waals surface area contributed by atoms with Gasteiger partial charge in [-0.15, -0.1) is 11.8 Å². The van der Waals surface area contributed by atoms with E-state index in [4.69, 9.17) is 0 Å². The highest BCUT2D eigenvalue weighted by Gasteiger charge is 2.40. The highest BCUT2D eigenvalue weighted by molar-refractivity contribution is 8.00. The smallest absolute Gasteiger partial charge is 0.272 e. The predicted molar refractivity (Wildman–Crippen MR) is 187 cm³/mol. The lowest BCUT2D eigenvalue weighted by Gasteiger charge is -2.15. The Kier molecular flexibility index (Phi) is 9.93. The molecule has 9 nitrogen and oxygen atoms in total. The van der Waals surface area contributed by atoms with E-state index in [9.17, 15) is 19.2 Å². The Labute approximate surface area is 281 Å². The normalized spacial score (nSPS) is 14.7. The number of rotatable bonds is 10. The Hall–Kier alpha value is -6.13. The predicted octanol–water partition coefficient (Wildman–Crippen LogP) is 7.94. The Morgan fingerprint density at radius 2 is 1.29 bits per heavy atom. The molecular formula is C38H29N5O4S. The van der Waals surface area contributed by atoms with Crippen LogP contribution in [0.2, 0.25) is 0 Å². The van der Waals surface area contributed by atoms with Gasteiger partial charge in [0.15, 0.2) is 0 Å². The van der Waals surface area contributed by atoms with Crippen molar-refractivity contribution < 1.29 is 19.2 Å². The van der Waals surface area contributed by atoms with Gasteiger partial charge in [0, 0.05) is 22.6 Å². The van der Waals surface area contributed by atoms with Crippen LogP contribution in [0.15, 0.2) is 160 Å². The van der Waals surface area contributed by atoms with Gasteiger partial charge in [0.1, 0.15) is 5.70 Å². The molecule has 1 aliphatic rings. The lowest BCUT2D eigenvalue weighted by molar-refractivity contribution is -0.121. The van der Waals surface area contributed by atoms with Gasteiger partial charge in [-0.05, 0) is 84.4 Å². The number of hydrogen-bond donors (Lipinski definition) is 2. The zero-order chi connectivity index (χ0) is 33.3. The maximum absolute atomic E-state index is 13.3. The second-order valence-corrected chi connectivity index (χ2v) is 12.0. The second-order valence-electron chi connectivity index (χ2n) is 10.7. The van der Waals surface area contributed by atoms with Gasteiger partial charge < -0.3 is 10.6 Å². The molecule has 0 bridgehead atoms. The van der Waals surface area contributed by atoms with E-state index in [-0.39, 0.29) is 23.9 Å². The van der Waals surface area contributed by atoms with Gasteiger partial charge in [-0.2, -0.15) is 10.2 Å². The third kappa shape index (κ3) is 7.98. The van der Waals surface area contributed by atoms with E-state index in [2.05, 4.69) is 20.9 Å². The zero-order valence-corrected chi connectivity index (χ0v) is 26.3. The summed E-state index contributed by atoms with van der Waals surface area (Å²) in [5, 5.41) is 13.4. The van der Waals surface area contributed by atoms with Crippen LogP contribution in [0.5, 0.6) is 0 Å². The summed E-state index contributed by atoms with van der Waals surface area (Å²) in [7, 11) is 0. The Morgan fingerprint density at radius 1 is 0.708 bits per heavy atom. The molecule has 1 heterocycles. The minimum Gasteiger partial charge on any atom is -0.321 e. The van der Waals surface area contributed by atoms with E-state index in [0.717, 1.165) is 16.1 Å². The van der Waals surface area contributed by atoms with Crippen molar-refractivity contribution in [1.29, 1.82) is 0 Å². The topological polar surface area (TPSA) is 120 Å². The second kappa shape index (κ2) is 15.0. The number of azo groups is 1. The number of nitrogens with one attached hydrogen (secondary N) is 2. The van der Waals surface area contributed by atoms with Crippen LogP contribution in [0.4, 0.5) is 22.7 Å². The maximum Gasteiger partial charge on any atom is 0.272 e. The summed E-state index contributed by atoms with van der Waals surface area (Å²) >= 11 is 1.29. The Morgan fingerprint density at radius 3 is 1.94 bits per heavy atom. The van der Waals surface area contributed by atoms with Gasteiger partial charge in [0.2, 0.25) is 11.8 Å². The first-order valence-corrected chi connectivity index (χ1v) is 16.0. The minimum atomic E-state index is -0.594. The third-order valence-electron chi connectivity index (χ3n) is 7.28. The fourth-order valence-electron chi connectivity index (χ4n) is 4.88. The first-order valence-electron chi connectivity index (χ1n) is 15.1. The molecule has 1 fully saturated rings. The summed E-state index contributed by atoms with van der Waals surface area (Å²) in [5.74, 6) is -1.49. The molecule has 1 aliphatic heterocycles. The molecule has 0 saturated carbocycles. The molecule has 48 heavy (non-hydrogen) atoms. The van der Waals surface area contributed by atoms with Crippen molar-refractivity contribution in [3.05, 3.63) is 156 Å². The van der Waals surface area contributed by atoms with Gasteiger partial charge in [0.25, 0.3) is 11.8 Å². The summed E-state index contributed by atoms with van der Waals surface area (Å²) in [6, 6.07) is 41.0. The van der Waals surface area contributed by atoms with E-state index in [1.165, 1.54) is 16.7 Å². The molecule has 0 aromatic heterocycles. The average Bonchev–Trinajstić information content (AvgIpc) is 3.40. The number of imide groups is 1. The monoisotopic (exact) mass is 651 g/mol. The van der Waals surface area contributed by atoms with E-state index in [0.29, 0.717) is 22.6 Å².